The number of hydrogen-bond acceptors (Lipinski definition) is 3. The minimum atomic E-state index is -1.85. The number of halogens is 4. The average Bonchev–Trinajstić information content (AvgIpc) is 3.74. The summed E-state index contributed by atoms with van der Waals surface area (Å²) in [5, 5.41) is 9.09. The molecule has 7 aromatic rings. The van der Waals surface area contributed by atoms with Crippen LogP contribution in [-0.4, -0.2) is 0 Å². The molecule has 0 N–H and O–H groups in total. The quantitative estimate of drug-likeness (QED) is 0.0736. The highest BCUT2D eigenvalue weighted by atomic mass is 32.1. The van der Waals surface area contributed by atoms with Crippen LogP contribution in [0.5, 0.6) is 0 Å². The van der Waals surface area contributed by atoms with Gasteiger partial charge in [0.25, 0.3) is 0 Å². The van der Waals surface area contributed by atoms with Crippen molar-refractivity contribution >= 4 is 28.4 Å². The molecule has 0 amide bonds. The molecule has 0 fully saturated rings. The molecule has 5 aromatic carbocycles. The van der Waals surface area contributed by atoms with Gasteiger partial charge in [0.05, 0.1) is 18.2 Å². The molecule has 0 saturated carbocycles. The second-order valence-corrected chi connectivity index (χ2v) is 14.2. The third kappa shape index (κ3) is 5.90. The van der Waals surface area contributed by atoms with Gasteiger partial charge in [-0.25, -0.2) is 22.4 Å². The monoisotopic (exact) mass is 696 g/mol. The van der Waals surface area contributed by atoms with E-state index in [2.05, 4.69) is 10.9 Å². The van der Waals surface area contributed by atoms with Gasteiger partial charge in [0, 0.05) is 30.6 Å². The second kappa shape index (κ2) is 13.2. The number of thiophene rings is 2. The van der Waals surface area contributed by atoms with Crippen molar-refractivity contribution in [3.8, 4) is 71.5 Å². The molecular weight excluding hydrogens is 673 g/mol. The van der Waals surface area contributed by atoms with Gasteiger partial charge in [-0.05, 0) is 82.6 Å². The SMILES string of the molecule is [C-]#[N+]c1ccc(-c2ccc(-c3cc(-c4c(F)c(F)c(F)c(F)c4-c4cc(-c5ccc(-c6ccc(C#N)cc6)cc5)sc4C)c(C)s3)cc2)cc1. The van der Waals surface area contributed by atoms with Gasteiger partial charge in [0.1, 0.15) is 0 Å². The highest BCUT2D eigenvalue weighted by molar-refractivity contribution is 7.16. The lowest BCUT2D eigenvalue weighted by molar-refractivity contribution is 0.412. The van der Waals surface area contributed by atoms with Crippen molar-refractivity contribution in [1.29, 1.82) is 5.26 Å². The Morgan fingerprint density at radius 3 is 1.22 bits per heavy atom. The highest BCUT2D eigenvalue weighted by Gasteiger charge is 2.30. The fourth-order valence-electron chi connectivity index (χ4n) is 6.00. The van der Waals surface area contributed by atoms with E-state index in [1.54, 1.807) is 50.2 Å². The zero-order valence-electron chi connectivity index (χ0n) is 26.6. The molecule has 0 aliphatic carbocycles. The van der Waals surface area contributed by atoms with Crippen LogP contribution < -0.4 is 0 Å². The molecule has 50 heavy (non-hydrogen) atoms. The van der Waals surface area contributed by atoms with Crippen LogP contribution in [0.4, 0.5) is 23.2 Å². The number of nitriles is 1. The molecular formula is C42H24F4N2S2. The third-order valence-electron chi connectivity index (χ3n) is 8.66. The van der Waals surface area contributed by atoms with E-state index in [0.29, 0.717) is 21.0 Å². The number of benzene rings is 5. The maximum Gasteiger partial charge on any atom is 0.198 e. The maximum absolute atomic E-state index is 15.9. The molecule has 0 saturated heterocycles. The van der Waals surface area contributed by atoms with Crippen molar-refractivity contribution in [2.45, 2.75) is 13.8 Å². The Labute approximate surface area is 294 Å². The Kier molecular flexibility index (Phi) is 8.67. The topological polar surface area (TPSA) is 28.1 Å². The molecule has 0 spiro atoms. The van der Waals surface area contributed by atoms with Crippen LogP contribution in [0.25, 0.3) is 70.2 Å². The summed E-state index contributed by atoms with van der Waals surface area (Å²) in [7, 11) is 0. The maximum atomic E-state index is 15.9. The predicted octanol–water partition coefficient (Wildman–Crippen LogP) is 13.4. The van der Waals surface area contributed by atoms with Crippen molar-refractivity contribution in [2.24, 2.45) is 0 Å². The van der Waals surface area contributed by atoms with Crippen LogP contribution in [0.3, 0.4) is 0 Å². The highest BCUT2D eigenvalue weighted by Crippen LogP contribution is 2.48. The van der Waals surface area contributed by atoms with Gasteiger partial charge in [-0.15, -0.1) is 22.7 Å². The van der Waals surface area contributed by atoms with E-state index in [9.17, 15) is 8.78 Å². The number of rotatable bonds is 6. The number of nitrogens with zero attached hydrogens (tertiary/aromatic N) is 2. The van der Waals surface area contributed by atoms with E-state index in [0.717, 1.165) is 43.1 Å². The Morgan fingerprint density at radius 2 is 0.860 bits per heavy atom. The number of aryl methyl sites for hydroxylation is 2. The molecule has 0 aliphatic rings. The molecule has 0 unspecified atom stereocenters. The summed E-state index contributed by atoms with van der Waals surface area (Å²) in [6.45, 7) is 10.7. The lowest BCUT2D eigenvalue weighted by atomic mass is 9.92. The first kappa shape index (κ1) is 32.7. The molecule has 2 nitrogen and oxygen atoms in total. The molecule has 0 aliphatic heterocycles. The fourth-order valence-corrected chi connectivity index (χ4v) is 8.07. The van der Waals surface area contributed by atoms with E-state index in [4.69, 9.17) is 11.8 Å². The molecule has 0 radical (unpaired) electrons. The van der Waals surface area contributed by atoms with Crippen LogP contribution in [-0.2, 0) is 0 Å². The number of hydrogen-bond donors (Lipinski definition) is 0. The summed E-state index contributed by atoms with van der Waals surface area (Å²) < 4.78 is 61.6. The minimum absolute atomic E-state index is 0.284. The van der Waals surface area contributed by atoms with Gasteiger partial charge in [-0.1, -0.05) is 84.9 Å². The van der Waals surface area contributed by atoms with Crippen LogP contribution >= 0.6 is 22.7 Å². The summed E-state index contributed by atoms with van der Waals surface area (Å²) in [5.41, 5.74) is 6.48. The first-order valence-electron chi connectivity index (χ1n) is 15.4. The summed E-state index contributed by atoms with van der Waals surface area (Å²) in [4.78, 5) is 6.18. The molecule has 0 atom stereocenters. The van der Waals surface area contributed by atoms with E-state index in [1.807, 2.05) is 72.8 Å². The predicted molar refractivity (Wildman–Crippen MR) is 195 cm³/mol. The van der Waals surface area contributed by atoms with E-state index in [1.165, 1.54) is 22.7 Å². The van der Waals surface area contributed by atoms with Crippen molar-refractivity contribution < 1.29 is 17.6 Å². The molecule has 0 bridgehead atoms. The summed E-state index contributed by atoms with van der Waals surface area (Å²) >= 11 is 2.71. The zero-order valence-corrected chi connectivity index (χ0v) is 28.2. The van der Waals surface area contributed by atoms with Gasteiger partial charge in [0.2, 0.25) is 0 Å². The Balaban J connectivity index is 1.27. The van der Waals surface area contributed by atoms with Crippen molar-refractivity contribution in [2.75, 3.05) is 0 Å². The molecule has 2 aromatic heterocycles. The lowest BCUT2D eigenvalue weighted by Gasteiger charge is -2.14. The van der Waals surface area contributed by atoms with Gasteiger partial charge in [-0.2, -0.15) is 5.26 Å². The molecule has 2 heterocycles. The van der Waals surface area contributed by atoms with E-state index in [-0.39, 0.29) is 22.3 Å². The van der Waals surface area contributed by atoms with Crippen molar-refractivity contribution in [1.82, 2.24) is 0 Å². The van der Waals surface area contributed by atoms with Gasteiger partial charge >= 0.3 is 0 Å². The second-order valence-electron chi connectivity index (χ2n) is 11.7. The Morgan fingerprint density at radius 1 is 0.520 bits per heavy atom. The van der Waals surface area contributed by atoms with Gasteiger partial charge < -0.3 is 0 Å². The van der Waals surface area contributed by atoms with Crippen LogP contribution in [0.1, 0.15) is 15.3 Å². The largest absolute Gasteiger partial charge is 0.238 e. The van der Waals surface area contributed by atoms with E-state index >= 15 is 8.78 Å². The fraction of sp³-hybridized carbons (Fsp3) is 0.0476. The van der Waals surface area contributed by atoms with Crippen molar-refractivity contribution in [3.63, 3.8) is 0 Å². The molecule has 242 valence electrons. The van der Waals surface area contributed by atoms with Crippen LogP contribution in [0.15, 0.2) is 109 Å². The summed E-state index contributed by atoms with van der Waals surface area (Å²) in [6.07, 6.45) is 0. The molecule has 8 heteroatoms. The normalized spacial score (nSPS) is 11.0. The standard InChI is InChI=1S/C42H24F4N2S2/c1-23-33(20-35(49-23)30-12-8-27(9-13-30)26-6-4-25(22-47)5-7-26)37-38(40(44)42(46)41(45)39(37)43)34-21-36(50-24(34)2)31-14-10-28(11-15-31)29-16-18-32(48-3)19-17-29/h4-21H,1-2H3. The summed E-state index contributed by atoms with van der Waals surface area (Å²) in [6, 6.07) is 35.4. The van der Waals surface area contributed by atoms with Gasteiger partial charge in [0.15, 0.2) is 29.0 Å². The Bertz CT molecular complexity index is 2300. The molecule has 7 rings (SSSR count). The average molecular weight is 697 g/mol. The first-order chi connectivity index (χ1) is 24.2. The van der Waals surface area contributed by atoms with E-state index < -0.39 is 23.3 Å². The smallest absolute Gasteiger partial charge is 0.198 e. The minimum Gasteiger partial charge on any atom is -0.238 e. The summed E-state index contributed by atoms with van der Waals surface area (Å²) in [5.74, 6) is -6.59. The van der Waals surface area contributed by atoms with Crippen LogP contribution in [0.2, 0.25) is 0 Å². The zero-order chi connectivity index (χ0) is 35.1. The van der Waals surface area contributed by atoms with Crippen LogP contribution in [0, 0.1) is 55.0 Å². The Hall–Kier alpha value is -5.80. The van der Waals surface area contributed by atoms with Gasteiger partial charge in [-0.3, -0.25) is 0 Å². The third-order valence-corrected chi connectivity index (χ3v) is 10.9. The lowest BCUT2D eigenvalue weighted by Crippen LogP contribution is -2.03. The van der Waals surface area contributed by atoms with Crippen molar-refractivity contribution in [3.05, 3.63) is 159 Å². The first-order valence-corrected chi connectivity index (χ1v) is 17.1.